The molecule has 4 nitrogen and oxygen atoms in total. The zero-order chi connectivity index (χ0) is 13.7. The van der Waals surface area contributed by atoms with E-state index in [1.807, 2.05) is 12.1 Å². The number of hydrogen-bond acceptors (Lipinski definition) is 3. The molecule has 1 aliphatic carbocycles. The van der Waals surface area contributed by atoms with E-state index >= 15 is 0 Å². The molecule has 0 bridgehead atoms. The highest BCUT2D eigenvalue weighted by Gasteiger charge is 2.25. The van der Waals surface area contributed by atoms with Crippen LogP contribution in [-0.4, -0.2) is 23.7 Å². The summed E-state index contributed by atoms with van der Waals surface area (Å²) < 4.78 is 0. The first-order chi connectivity index (χ1) is 9.24. The Morgan fingerprint density at radius 3 is 2.58 bits per heavy atom. The van der Waals surface area contributed by atoms with Crippen molar-refractivity contribution in [2.24, 2.45) is 11.7 Å². The van der Waals surface area contributed by atoms with E-state index in [4.69, 9.17) is 5.73 Å². The second-order valence-electron chi connectivity index (χ2n) is 5.21. The molecule has 2 rings (SSSR count). The van der Waals surface area contributed by atoms with Crippen LogP contribution in [0.15, 0.2) is 24.3 Å². The third-order valence-corrected chi connectivity index (χ3v) is 3.91. The summed E-state index contributed by atoms with van der Waals surface area (Å²) in [7, 11) is 0. The minimum Gasteiger partial charge on any atom is -0.396 e. The first kappa shape index (κ1) is 14.0. The Morgan fingerprint density at radius 2 is 1.95 bits per heavy atom. The molecule has 1 aliphatic rings. The van der Waals surface area contributed by atoms with Gasteiger partial charge in [0.1, 0.15) is 0 Å². The van der Waals surface area contributed by atoms with Crippen molar-refractivity contribution in [3.63, 3.8) is 0 Å². The van der Waals surface area contributed by atoms with Crippen LogP contribution in [0.5, 0.6) is 0 Å². The Morgan fingerprint density at radius 1 is 1.26 bits per heavy atom. The number of rotatable bonds is 4. The summed E-state index contributed by atoms with van der Waals surface area (Å²) in [4.78, 5) is 12.2. The highest BCUT2D eigenvalue weighted by atomic mass is 16.3. The minimum absolute atomic E-state index is 0.0612. The van der Waals surface area contributed by atoms with E-state index in [1.165, 1.54) is 0 Å². The largest absolute Gasteiger partial charge is 0.396 e. The third-order valence-electron chi connectivity index (χ3n) is 3.91. The van der Waals surface area contributed by atoms with Gasteiger partial charge in [-0.2, -0.15) is 0 Å². The van der Waals surface area contributed by atoms with Crippen molar-refractivity contribution in [1.29, 1.82) is 0 Å². The van der Waals surface area contributed by atoms with Gasteiger partial charge in [-0.1, -0.05) is 25.0 Å². The lowest BCUT2D eigenvalue weighted by atomic mass is 9.85. The van der Waals surface area contributed by atoms with Gasteiger partial charge >= 0.3 is 0 Å². The summed E-state index contributed by atoms with van der Waals surface area (Å²) in [5, 5.41) is 12.4. The predicted molar refractivity (Wildman–Crippen MR) is 74.6 cm³/mol. The van der Waals surface area contributed by atoms with Gasteiger partial charge in [0.2, 0.25) is 0 Å². The van der Waals surface area contributed by atoms with E-state index in [1.54, 1.807) is 12.1 Å². The molecule has 1 aromatic rings. The van der Waals surface area contributed by atoms with Crippen molar-refractivity contribution in [1.82, 2.24) is 5.32 Å². The topological polar surface area (TPSA) is 75.4 Å². The van der Waals surface area contributed by atoms with Gasteiger partial charge in [-0.25, -0.2) is 0 Å². The molecule has 0 saturated heterocycles. The van der Waals surface area contributed by atoms with Gasteiger partial charge in [-0.05, 0) is 30.5 Å². The van der Waals surface area contributed by atoms with Crippen molar-refractivity contribution in [2.45, 2.75) is 38.3 Å². The second-order valence-corrected chi connectivity index (χ2v) is 5.21. The molecule has 19 heavy (non-hydrogen) atoms. The monoisotopic (exact) mass is 262 g/mol. The van der Waals surface area contributed by atoms with Crippen molar-refractivity contribution in [3.8, 4) is 0 Å². The summed E-state index contributed by atoms with van der Waals surface area (Å²) in [6.07, 6.45) is 4.21. The van der Waals surface area contributed by atoms with E-state index in [2.05, 4.69) is 5.32 Å². The van der Waals surface area contributed by atoms with Crippen molar-refractivity contribution in [3.05, 3.63) is 35.4 Å². The summed E-state index contributed by atoms with van der Waals surface area (Å²) in [6.45, 7) is 0.633. The molecule has 1 fully saturated rings. The Bertz CT molecular complexity index is 417. The first-order valence-corrected chi connectivity index (χ1v) is 6.95. The van der Waals surface area contributed by atoms with Crippen LogP contribution in [0, 0.1) is 5.92 Å². The Labute approximate surface area is 114 Å². The van der Waals surface area contributed by atoms with Gasteiger partial charge in [-0.15, -0.1) is 0 Å². The zero-order valence-corrected chi connectivity index (χ0v) is 11.1. The molecule has 0 spiro atoms. The molecule has 0 aliphatic heterocycles. The number of carbonyl (C=O) groups excluding carboxylic acids is 1. The van der Waals surface area contributed by atoms with Crippen LogP contribution in [0.4, 0.5) is 0 Å². The normalized spacial score (nSPS) is 23.1. The molecular formula is C15H22N2O2. The van der Waals surface area contributed by atoms with Gasteiger partial charge in [0.15, 0.2) is 0 Å². The maximum atomic E-state index is 12.2. The van der Waals surface area contributed by atoms with Crippen molar-refractivity contribution >= 4 is 5.91 Å². The number of nitrogens with two attached hydrogens (primary N) is 1. The lowest BCUT2D eigenvalue weighted by Crippen LogP contribution is -2.43. The predicted octanol–water partition coefficient (Wildman–Crippen LogP) is 1.43. The standard InChI is InChI=1S/C15H22N2O2/c16-9-11-5-7-12(8-6-11)15(19)17-14-4-2-1-3-13(14)10-18/h5-8,13-14,18H,1-4,9-10,16H2,(H,17,19). The molecule has 4 heteroatoms. The molecule has 1 amide bonds. The fourth-order valence-electron chi connectivity index (χ4n) is 2.66. The summed E-state index contributed by atoms with van der Waals surface area (Å²) in [5.74, 6) is 0.134. The molecule has 4 N–H and O–H groups in total. The van der Waals surface area contributed by atoms with Crippen molar-refractivity contribution in [2.75, 3.05) is 6.61 Å². The Hall–Kier alpha value is -1.39. The number of carbonyl (C=O) groups is 1. The lowest BCUT2D eigenvalue weighted by Gasteiger charge is -2.30. The second kappa shape index (κ2) is 6.68. The van der Waals surface area contributed by atoms with E-state index in [9.17, 15) is 9.90 Å². The van der Waals surface area contributed by atoms with Gasteiger partial charge < -0.3 is 16.2 Å². The van der Waals surface area contributed by atoms with Crippen LogP contribution < -0.4 is 11.1 Å². The number of nitrogens with one attached hydrogen (secondary N) is 1. The molecule has 2 atom stereocenters. The fourth-order valence-corrected chi connectivity index (χ4v) is 2.66. The first-order valence-electron chi connectivity index (χ1n) is 6.95. The number of hydrogen-bond donors (Lipinski definition) is 3. The van der Waals surface area contributed by atoms with Crippen LogP contribution in [0.2, 0.25) is 0 Å². The molecular weight excluding hydrogens is 240 g/mol. The smallest absolute Gasteiger partial charge is 0.251 e. The quantitative estimate of drug-likeness (QED) is 0.768. The maximum Gasteiger partial charge on any atom is 0.251 e. The van der Waals surface area contributed by atoms with Crippen LogP contribution >= 0.6 is 0 Å². The molecule has 104 valence electrons. The molecule has 2 unspecified atom stereocenters. The van der Waals surface area contributed by atoms with Gasteiger partial charge in [0, 0.05) is 30.7 Å². The van der Waals surface area contributed by atoms with E-state index in [0.29, 0.717) is 12.1 Å². The third kappa shape index (κ3) is 3.55. The maximum absolute atomic E-state index is 12.2. The summed E-state index contributed by atoms with van der Waals surface area (Å²) in [5.41, 5.74) is 7.20. The molecule has 1 aromatic carbocycles. The Balaban J connectivity index is 1.98. The number of amides is 1. The molecule has 0 radical (unpaired) electrons. The number of aliphatic hydroxyl groups excluding tert-OH is 1. The van der Waals surface area contributed by atoms with Crippen LogP contribution in [0.3, 0.4) is 0 Å². The van der Waals surface area contributed by atoms with E-state index < -0.39 is 0 Å². The van der Waals surface area contributed by atoms with Crippen LogP contribution in [0.25, 0.3) is 0 Å². The van der Waals surface area contributed by atoms with Crippen LogP contribution in [-0.2, 0) is 6.54 Å². The fraction of sp³-hybridized carbons (Fsp3) is 0.533. The lowest BCUT2D eigenvalue weighted by molar-refractivity contribution is 0.0872. The SMILES string of the molecule is NCc1ccc(C(=O)NC2CCCCC2CO)cc1. The van der Waals surface area contributed by atoms with E-state index in [0.717, 1.165) is 31.2 Å². The van der Waals surface area contributed by atoms with E-state index in [-0.39, 0.29) is 24.5 Å². The van der Waals surface area contributed by atoms with Gasteiger partial charge in [0.05, 0.1) is 0 Å². The Kier molecular flexibility index (Phi) is 4.93. The zero-order valence-electron chi connectivity index (χ0n) is 11.1. The van der Waals surface area contributed by atoms with Gasteiger partial charge in [-0.3, -0.25) is 4.79 Å². The average molecular weight is 262 g/mol. The molecule has 0 aromatic heterocycles. The summed E-state index contributed by atoms with van der Waals surface area (Å²) >= 11 is 0. The molecule has 0 heterocycles. The van der Waals surface area contributed by atoms with Crippen molar-refractivity contribution < 1.29 is 9.90 Å². The number of aliphatic hydroxyl groups is 1. The van der Waals surface area contributed by atoms with Crippen LogP contribution in [0.1, 0.15) is 41.6 Å². The highest BCUT2D eigenvalue weighted by molar-refractivity contribution is 5.94. The average Bonchev–Trinajstić information content (AvgIpc) is 2.48. The summed E-state index contributed by atoms with van der Waals surface area (Å²) in [6, 6.07) is 7.45. The minimum atomic E-state index is -0.0612. The highest BCUT2D eigenvalue weighted by Crippen LogP contribution is 2.24. The molecule has 1 saturated carbocycles. The number of benzene rings is 1. The van der Waals surface area contributed by atoms with Gasteiger partial charge in [0.25, 0.3) is 5.91 Å².